The molecule has 0 fully saturated rings. The molecule has 0 aliphatic rings. The standard InChI is InChI=1S/C12H15BrO2S/c1-3-15-12(14)7-4-9-8-10(16-2)5-6-11(9)13/h5-6,8H,3-4,7H2,1-2H3. The third-order valence-electron chi connectivity index (χ3n) is 2.16. The maximum Gasteiger partial charge on any atom is 0.306 e. The van der Waals surface area contributed by atoms with Gasteiger partial charge in [0, 0.05) is 15.8 Å². The van der Waals surface area contributed by atoms with Crippen LogP contribution in [0.3, 0.4) is 0 Å². The second-order valence-corrected chi connectivity index (χ2v) is 5.00. The molecule has 4 heteroatoms. The average molecular weight is 303 g/mol. The van der Waals surface area contributed by atoms with Crippen LogP contribution in [0.25, 0.3) is 0 Å². The van der Waals surface area contributed by atoms with Crippen LogP contribution in [0.1, 0.15) is 18.9 Å². The van der Waals surface area contributed by atoms with Crippen LogP contribution in [0.2, 0.25) is 0 Å². The number of aryl methyl sites for hydroxylation is 1. The van der Waals surface area contributed by atoms with Crippen LogP contribution in [0.5, 0.6) is 0 Å². The van der Waals surface area contributed by atoms with Crippen molar-refractivity contribution in [3.63, 3.8) is 0 Å². The highest BCUT2D eigenvalue weighted by atomic mass is 79.9. The monoisotopic (exact) mass is 302 g/mol. The lowest BCUT2D eigenvalue weighted by atomic mass is 10.1. The highest BCUT2D eigenvalue weighted by Gasteiger charge is 2.06. The van der Waals surface area contributed by atoms with Crippen molar-refractivity contribution < 1.29 is 9.53 Å². The first-order chi connectivity index (χ1) is 7.67. The van der Waals surface area contributed by atoms with E-state index in [0.29, 0.717) is 19.4 Å². The second-order valence-electron chi connectivity index (χ2n) is 3.26. The van der Waals surface area contributed by atoms with Crippen LogP contribution >= 0.6 is 27.7 Å². The zero-order valence-electron chi connectivity index (χ0n) is 9.46. The van der Waals surface area contributed by atoms with Crippen molar-refractivity contribution in [2.45, 2.75) is 24.7 Å². The van der Waals surface area contributed by atoms with E-state index in [4.69, 9.17) is 4.74 Å². The maximum absolute atomic E-state index is 11.2. The van der Waals surface area contributed by atoms with Gasteiger partial charge in [0.05, 0.1) is 6.61 Å². The van der Waals surface area contributed by atoms with Gasteiger partial charge >= 0.3 is 5.97 Å². The van der Waals surface area contributed by atoms with Crippen LogP contribution in [0.4, 0.5) is 0 Å². The van der Waals surface area contributed by atoms with E-state index in [-0.39, 0.29) is 5.97 Å². The van der Waals surface area contributed by atoms with E-state index in [2.05, 4.69) is 28.1 Å². The van der Waals surface area contributed by atoms with Crippen molar-refractivity contribution >= 4 is 33.7 Å². The quantitative estimate of drug-likeness (QED) is 0.613. The van der Waals surface area contributed by atoms with Gasteiger partial charge < -0.3 is 4.74 Å². The highest BCUT2D eigenvalue weighted by molar-refractivity contribution is 9.10. The van der Waals surface area contributed by atoms with Gasteiger partial charge in [-0.25, -0.2) is 0 Å². The number of rotatable bonds is 5. The Bertz CT molecular complexity index is 366. The normalized spacial score (nSPS) is 10.2. The molecule has 2 nitrogen and oxygen atoms in total. The summed E-state index contributed by atoms with van der Waals surface area (Å²) in [6.45, 7) is 2.27. The molecule has 16 heavy (non-hydrogen) atoms. The van der Waals surface area contributed by atoms with Gasteiger partial charge in [0.25, 0.3) is 0 Å². The van der Waals surface area contributed by atoms with Crippen molar-refractivity contribution in [2.24, 2.45) is 0 Å². The van der Waals surface area contributed by atoms with Crippen LogP contribution in [0.15, 0.2) is 27.6 Å². The van der Waals surface area contributed by atoms with Gasteiger partial charge in [-0.2, -0.15) is 0 Å². The summed E-state index contributed by atoms with van der Waals surface area (Å²) in [7, 11) is 0. The van der Waals surface area contributed by atoms with Crippen molar-refractivity contribution in [1.29, 1.82) is 0 Å². The van der Waals surface area contributed by atoms with E-state index in [9.17, 15) is 4.79 Å². The second kappa shape index (κ2) is 6.97. The number of ether oxygens (including phenoxy) is 1. The summed E-state index contributed by atoms with van der Waals surface area (Å²) in [6.07, 6.45) is 3.19. The van der Waals surface area contributed by atoms with E-state index in [1.807, 2.05) is 19.2 Å². The van der Waals surface area contributed by atoms with E-state index in [1.165, 1.54) is 4.90 Å². The summed E-state index contributed by atoms with van der Waals surface area (Å²) in [5.74, 6) is -0.135. The molecule has 0 saturated carbocycles. The topological polar surface area (TPSA) is 26.3 Å². The lowest BCUT2D eigenvalue weighted by Crippen LogP contribution is -2.05. The van der Waals surface area contributed by atoms with Gasteiger partial charge in [-0.3, -0.25) is 4.79 Å². The first-order valence-corrected chi connectivity index (χ1v) is 7.17. The number of carbonyl (C=O) groups is 1. The molecule has 0 saturated heterocycles. The molecule has 88 valence electrons. The van der Waals surface area contributed by atoms with E-state index in [0.717, 1.165) is 10.0 Å². The summed E-state index contributed by atoms with van der Waals surface area (Å²) >= 11 is 5.19. The number of halogens is 1. The summed E-state index contributed by atoms with van der Waals surface area (Å²) in [4.78, 5) is 12.4. The number of hydrogen-bond donors (Lipinski definition) is 0. The van der Waals surface area contributed by atoms with Crippen molar-refractivity contribution in [3.8, 4) is 0 Å². The fraction of sp³-hybridized carbons (Fsp3) is 0.417. The predicted octanol–water partition coefficient (Wildman–Crippen LogP) is 3.67. The molecule has 0 aliphatic heterocycles. The third kappa shape index (κ3) is 4.18. The Morgan fingerprint density at radius 2 is 2.25 bits per heavy atom. The predicted molar refractivity (Wildman–Crippen MR) is 70.9 cm³/mol. The van der Waals surface area contributed by atoms with Crippen LogP contribution in [0, 0.1) is 0 Å². The van der Waals surface area contributed by atoms with Gasteiger partial charge in [0.1, 0.15) is 0 Å². The fourth-order valence-electron chi connectivity index (χ4n) is 1.34. The SMILES string of the molecule is CCOC(=O)CCc1cc(SC)ccc1Br. The molecular weight excluding hydrogens is 288 g/mol. The van der Waals surface area contributed by atoms with E-state index in [1.54, 1.807) is 11.8 Å². The molecule has 0 bridgehead atoms. The molecule has 0 aliphatic carbocycles. The van der Waals surface area contributed by atoms with Crippen LogP contribution < -0.4 is 0 Å². The van der Waals surface area contributed by atoms with Crippen molar-refractivity contribution in [1.82, 2.24) is 0 Å². The molecule has 0 N–H and O–H groups in total. The molecule has 0 unspecified atom stereocenters. The minimum absolute atomic E-state index is 0.135. The molecule has 0 heterocycles. The Morgan fingerprint density at radius 1 is 1.50 bits per heavy atom. The molecule has 1 rings (SSSR count). The first kappa shape index (κ1) is 13.6. The zero-order valence-corrected chi connectivity index (χ0v) is 11.9. The Hall–Kier alpha value is -0.480. The number of carbonyl (C=O) groups excluding carboxylic acids is 1. The Balaban J connectivity index is 2.62. The minimum Gasteiger partial charge on any atom is -0.466 e. The molecule has 1 aromatic carbocycles. The molecule has 0 radical (unpaired) electrons. The molecule has 0 amide bonds. The summed E-state index contributed by atoms with van der Waals surface area (Å²) in [6, 6.07) is 6.18. The summed E-state index contributed by atoms with van der Waals surface area (Å²) in [5.41, 5.74) is 1.15. The summed E-state index contributed by atoms with van der Waals surface area (Å²) < 4.78 is 5.95. The fourth-order valence-corrected chi connectivity index (χ4v) is 2.25. The van der Waals surface area contributed by atoms with Gasteiger partial charge in [-0.05, 0) is 43.4 Å². The maximum atomic E-state index is 11.2. The smallest absolute Gasteiger partial charge is 0.306 e. The Labute approximate surface area is 109 Å². The highest BCUT2D eigenvalue weighted by Crippen LogP contribution is 2.24. The number of benzene rings is 1. The number of hydrogen-bond acceptors (Lipinski definition) is 3. The number of thioether (sulfide) groups is 1. The Morgan fingerprint density at radius 3 is 2.88 bits per heavy atom. The molecule has 1 aromatic rings. The van der Waals surface area contributed by atoms with E-state index >= 15 is 0 Å². The minimum atomic E-state index is -0.135. The van der Waals surface area contributed by atoms with Gasteiger partial charge in [-0.15, -0.1) is 11.8 Å². The Kier molecular flexibility index (Phi) is 5.91. The summed E-state index contributed by atoms with van der Waals surface area (Å²) in [5, 5.41) is 0. The lowest BCUT2D eigenvalue weighted by molar-refractivity contribution is -0.143. The zero-order chi connectivity index (χ0) is 12.0. The largest absolute Gasteiger partial charge is 0.466 e. The van der Waals surface area contributed by atoms with E-state index < -0.39 is 0 Å². The molecule has 0 aromatic heterocycles. The number of esters is 1. The van der Waals surface area contributed by atoms with Gasteiger partial charge in [0.2, 0.25) is 0 Å². The average Bonchev–Trinajstić information content (AvgIpc) is 2.28. The van der Waals surface area contributed by atoms with Crippen molar-refractivity contribution in [3.05, 3.63) is 28.2 Å². The van der Waals surface area contributed by atoms with Gasteiger partial charge in [0.15, 0.2) is 0 Å². The van der Waals surface area contributed by atoms with Crippen LogP contribution in [-0.4, -0.2) is 18.8 Å². The van der Waals surface area contributed by atoms with Crippen LogP contribution in [-0.2, 0) is 16.0 Å². The van der Waals surface area contributed by atoms with Crippen molar-refractivity contribution in [2.75, 3.05) is 12.9 Å². The third-order valence-corrected chi connectivity index (χ3v) is 3.66. The molecule has 0 spiro atoms. The molecule has 0 atom stereocenters. The lowest BCUT2D eigenvalue weighted by Gasteiger charge is -2.06. The molecular formula is C12H15BrO2S. The first-order valence-electron chi connectivity index (χ1n) is 5.15. The van der Waals surface area contributed by atoms with Gasteiger partial charge in [-0.1, -0.05) is 15.9 Å².